The number of benzene rings is 1. The van der Waals surface area contributed by atoms with Crippen LogP contribution in [0.25, 0.3) is 4.91 Å². The zero-order valence-corrected chi connectivity index (χ0v) is 11.6. The maximum Gasteiger partial charge on any atom is 0.230 e. The number of amides is 1. The molecule has 2 aliphatic rings. The Kier molecular flexibility index (Phi) is 3.89. The Bertz CT molecular complexity index is 480. The molecule has 2 aliphatic heterocycles. The predicted molar refractivity (Wildman–Crippen MR) is 77.8 cm³/mol. The van der Waals surface area contributed by atoms with Gasteiger partial charge in [-0.1, -0.05) is 36.4 Å². The van der Waals surface area contributed by atoms with Gasteiger partial charge in [0.25, 0.3) is 0 Å². The van der Waals surface area contributed by atoms with E-state index in [1.807, 2.05) is 23.1 Å². The summed E-state index contributed by atoms with van der Waals surface area (Å²) in [5, 5.41) is 0. The topological polar surface area (TPSA) is 29.5 Å². The number of carbonyl (C=O) groups excluding carboxylic acids is 1. The van der Waals surface area contributed by atoms with Crippen molar-refractivity contribution < 1.29 is 9.53 Å². The highest BCUT2D eigenvalue weighted by atomic mass is 32.2. The van der Waals surface area contributed by atoms with Crippen LogP contribution in [-0.2, 0) is 9.53 Å². The van der Waals surface area contributed by atoms with Crippen molar-refractivity contribution in [3.05, 3.63) is 42.0 Å². The lowest BCUT2D eigenvalue weighted by molar-refractivity contribution is -0.137. The first kappa shape index (κ1) is 12.8. The number of morpholine rings is 1. The van der Waals surface area contributed by atoms with Crippen LogP contribution in [0, 0.1) is 5.92 Å². The van der Waals surface area contributed by atoms with Gasteiger partial charge in [-0.2, -0.15) is 0 Å². The Labute approximate surface area is 117 Å². The minimum absolute atomic E-state index is 0.0262. The van der Waals surface area contributed by atoms with Gasteiger partial charge in [0.05, 0.1) is 19.1 Å². The van der Waals surface area contributed by atoms with E-state index in [0.29, 0.717) is 13.2 Å². The molecule has 0 aromatic heterocycles. The first-order valence-electron chi connectivity index (χ1n) is 6.61. The third kappa shape index (κ3) is 2.85. The highest BCUT2D eigenvalue weighted by molar-refractivity contribution is 8.08. The highest BCUT2D eigenvalue weighted by Gasteiger charge is 2.28. The van der Waals surface area contributed by atoms with Crippen LogP contribution in [-0.4, -0.2) is 42.9 Å². The number of nitrogens with zero attached hydrogens (tertiary/aromatic N) is 1. The van der Waals surface area contributed by atoms with Gasteiger partial charge in [-0.3, -0.25) is 4.79 Å². The fourth-order valence-electron chi connectivity index (χ4n) is 2.40. The van der Waals surface area contributed by atoms with Gasteiger partial charge >= 0.3 is 0 Å². The molecule has 1 aromatic rings. The van der Waals surface area contributed by atoms with Gasteiger partial charge in [0, 0.05) is 23.7 Å². The molecular formula is C15H17NO2S. The molecule has 3 nitrogen and oxygen atoms in total. The zero-order chi connectivity index (χ0) is 13.1. The molecule has 0 aliphatic carbocycles. The fourth-order valence-corrected chi connectivity index (χ4v) is 3.56. The van der Waals surface area contributed by atoms with Gasteiger partial charge in [-0.25, -0.2) is 0 Å². The van der Waals surface area contributed by atoms with Crippen molar-refractivity contribution >= 4 is 22.6 Å². The molecule has 2 heterocycles. The minimum Gasteiger partial charge on any atom is -0.378 e. The average Bonchev–Trinajstić information content (AvgIpc) is 2.98. The minimum atomic E-state index is 0.0262. The molecule has 1 amide bonds. The van der Waals surface area contributed by atoms with Crippen LogP contribution in [0.1, 0.15) is 5.56 Å². The summed E-state index contributed by atoms with van der Waals surface area (Å²) in [4.78, 5) is 15.5. The molecule has 1 fully saturated rings. The van der Waals surface area contributed by atoms with Crippen molar-refractivity contribution in [1.29, 1.82) is 0 Å². The van der Waals surface area contributed by atoms with Gasteiger partial charge in [0.2, 0.25) is 5.91 Å². The summed E-state index contributed by atoms with van der Waals surface area (Å²) in [6.45, 7) is 2.80. The maximum absolute atomic E-state index is 12.4. The molecule has 100 valence electrons. The summed E-state index contributed by atoms with van der Waals surface area (Å²) in [6, 6.07) is 10.3. The van der Waals surface area contributed by atoms with Gasteiger partial charge in [0.1, 0.15) is 0 Å². The second-order valence-corrected chi connectivity index (χ2v) is 5.81. The monoisotopic (exact) mass is 275 g/mol. The highest BCUT2D eigenvalue weighted by Crippen LogP contribution is 2.37. The molecule has 1 unspecified atom stereocenters. The predicted octanol–water partition coefficient (Wildman–Crippen LogP) is 2.25. The number of hydrogen-bond acceptors (Lipinski definition) is 3. The molecule has 0 spiro atoms. The summed E-state index contributed by atoms with van der Waals surface area (Å²) in [6.07, 6.45) is 2.12. The second kappa shape index (κ2) is 5.80. The largest absolute Gasteiger partial charge is 0.378 e. The van der Waals surface area contributed by atoms with E-state index < -0.39 is 0 Å². The third-order valence-corrected chi connectivity index (χ3v) is 4.68. The van der Waals surface area contributed by atoms with E-state index in [-0.39, 0.29) is 11.8 Å². The average molecular weight is 275 g/mol. The molecule has 0 radical (unpaired) electrons. The maximum atomic E-state index is 12.4. The first-order chi connectivity index (χ1) is 9.34. The van der Waals surface area contributed by atoms with Crippen molar-refractivity contribution in [2.24, 2.45) is 5.92 Å². The Morgan fingerprint density at radius 3 is 2.68 bits per heavy atom. The summed E-state index contributed by atoms with van der Waals surface area (Å²) in [5.41, 5.74) is 1.21. The van der Waals surface area contributed by atoms with E-state index in [2.05, 4.69) is 18.2 Å². The van der Waals surface area contributed by atoms with E-state index in [1.54, 1.807) is 11.8 Å². The van der Waals surface area contributed by atoms with Crippen molar-refractivity contribution in [3.63, 3.8) is 0 Å². The van der Waals surface area contributed by atoms with Crippen LogP contribution in [0.2, 0.25) is 0 Å². The molecule has 1 atom stereocenters. The van der Waals surface area contributed by atoms with Crippen LogP contribution in [0.3, 0.4) is 0 Å². The van der Waals surface area contributed by atoms with Crippen LogP contribution >= 0.6 is 11.8 Å². The van der Waals surface area contributed by atoms with Crippen molar-refractivity contribution in [1.82, 2.24) is 4.90 Å². The Morgan fingerprint density at radius 2 is 1.95 bits per heavy atom. The molecule has 3 rings (SSSR count). The van der Waals surface area contributed by atoms with Crippen LogP contribution < -0.4 is 0 Å². The molecule has 0 N–H and O–H groups in total. The lowest BCUT2D eigenvalue weighted by Gasteiger charge is -2.28. The Balaban J connectivity index is 1.70. The molecule has 4 heteroatoms. The number of ether oxygens (including phenoxy) is 1. The Morgan fingerprint density at radius 1 is 1.21 bits per heavy atom. The van der Waals surface area contributed by atoms with Gasteiger partial charge in [-0.15, -0.1) is 11.8 Å². The standard InChI is InChI=1S/C15H17NO2S/c17-15(16-6-8-18-9-7-16)13-10-14(19-11-13)12-4-2-1-3-5-12/h1-5,10,13H,6-9,11H2. The smallest absolute Gasteiger partial charge is 0.230 e. The first-order valence-corrected chi connectivity index (χ1v) is 7.60. The van der Waals surface area contributed by atoms with Gasteiger partial charge in [-0.05, 0) is 5.56 Å². The molecule has 0 saturated carbocycles. The number of hydrogen-bond donors (Lipinski definition) is 0. The van der Waals surface area contributed by atoms with E-state index in [1.165, 1.54) is 10.5 Å². The van der Waals surface area contributed by atoms with Crippen LogP contribution in [0.5, 0.6) is 0 Å². The molecule has 19 heavy (non-hydrogen) atoms. The van der Waals surface area contributed by atoms with Crippen LogP contribution in [0.4, 0.5) is 0 Å². The summed E-state index contributed by atoms with van der Waals surface area (Å²) >= 11 is 1.78. The SMILES string of the molecule is O=C(C1C=C(c2ccccc2)SC1)N1CCOCC1. The van der Waals surface area contributed by atoms with Crippen molar-refractivity contribution in [3.8, 4) is 0 Å². The summed E-state index contributed by atoms with van der Waals surface area (Å²) < 4.78 is 5.29. The second-order valence-electron chi connectivity index (χ2n) is 4.75. The fraction of sp³-hybridized carbons (Fsp3) is 0.400. The van der Waals surface area contributed by atoms with Crippen LogP contribution in [0.15, 0.2) is 36.4 Å². The lowest BCUT2D eigenvalue weighted by Crippen LogP contribution is -2.43. The summed E-state index contributed by atoms with van der Waals surface area (Å²) in [5.74, 6) is 1.14. The zero-order valence-electron chi connectivity index (χ0n) is 10.7. The molecule has 1 saturated heterocycles. The summed E-state index contributed by atoms with van der Waals surface area (Å²) in [7, 11) is 0. The number of carbonyl (C=O) groups is 1. The van der Waals surface area contributed by atoms with E-state index in [0.717, 1.165) is 18.8 Å². The molecule has 1 aromatic carbocycles. The van der Waals surface area contributed by atoms with E-state index >= 15 is 0 Å². The number of thioether (sulfide) groups is 1. The quantitative estimate of drug-likeness (QED) is 0.829. The van der Waals surface area contributed by atoms with Crippen molar-refractivity contribution in [2.75, 3.05) is 32.1 Å². The molecule has 0 bridgehead atoms. The third-order valence-electron chi connectivity index (χ3n) is 3.47. The lowest BCUT2D eigenvalue weighted by atomic mass is 10.1. The van der Waals surface area contributed by atoms with Crippen molar-refractivity contribution in [2.45, 2.75) is 0 Å². The van der Waals surface area contributed by atoms with E-state index in [4.69, 9.17) is 4.74 Å². The van der Waals surface area contributed by atoms with Gasteiger partial charge in [0.15, 0.2) is 0 Å². The Hall–Kier alpha value is -1.26. The normalized spacial score (nSPS) is 23.3. The molecular weight excluding hydrogens is 258 g/mol. The van der Waals surface area contributed by atoms with E-state index in [9.17, 15) is 4.79 Å². The van der Waals surface area contributed by atoms with Gasteiger partial charge < -0.3 is 9.64 Å². The number of rotatable bonds is 2.